The Labute approximate surface area is 182 Å². The van der Waals surface area contributed by atoms with Gasteiger partial charge in [-0.1, -0.05) is 25.3 Å². The van der Waals surface area contributed by atoms with Crippen molar-refractivity contribution in [1.29, 1.82) is 0 Å². The summed E-state index contributed by atoms with van der Waals surface area (Å²) in [5.41, 5.74) is 1.19. The standard InChI is InChI=1S/C22H32N4O3S/c1-2-29-21(27)19-17(23-22(28)24-20(19)18-9-6-14-30-18)15-25-10-12-26(13-11-25)16-7-4-3-5-8-16/h6,9,14,16,20H,2-5,7-8,10-13,15H2,1H3,(H2,23,24,28)/t20-/m0/s1. The Kier molecular flexibility index (Phi) is 7.07. The molecule has 4 rings (SSSR count). The number of carbonyl (C=O) groups is 2. The average molecular weight is 433 g/mol. The van der Waals surface area contributed by atoms with Gasteiger partial charge in [-0.2, -0.15) is 0 Å². The summed E-state index contributed by atoms with van der Waals surface area (Å²) in [6.45, 7) is 6.66. The topological polar surface area (TPSA) is 73.9 Å². The van der Waals surface area contributed by atoms with Crippen LogP contribution in [0, 0.1) is 0 Å². The van der Waals surface area contributed by atoms with Gasteiger partial charge < -0.3 is 15.4 Å². The molecular formula is C22H32N4O3S. The Hall–Kier alpha value is -1.90. The molecule has 1 atom stereocenters. The van der Waals surface area contributed by atoms with E-state index in [9.17, 15) is 9.59 Å². The fourth-order valence-corrected chi connectivity index (χ4v) is 5.60. The Morgan fingerprint density at radius 3 is 2.63 bits per heavy atom. The summed E-state index contributed by atoms with van der Waals surface area (Å²) in [6, 6.07) is 3.88. The predicted molar refractivity (Wildman–Crippen MR) is 117 cm³/mol. The van der Waals surface area contributed by atoms with Gasteiger partial charge in [-0.15, -0.1) is 11.3 Å². The number of amides is 2. The Morgan fingerprint density at radius 2 is 1.97 bits per heavy atom. The van der Waals surface area contributed by atoms with Crippen molar-refractivity contribution in [2.24, 2.45) is 0 Å². The first kappa shape index (κ1) is 21.3. The molecule has 3 aliphatic rings. The van der Waals surface area contributed by atoms with Crippen molar-refractivity contribution >= 4 is 23.3 Å². The first-order valence-corrected chi connectivity index (χ1v) is 12.0. The van der Waals surface area contributed by atoms with Gasteiger partial charge >= 0.3 is 12.0 Å². The van der Waals surface area contributed by atoms with E-state index >= 15 is 0 Å². The number of hydrogen-bond donors (Lipinski definition) is 2. The number of piperazine rings is 1. The van der Waals surface area contributed by atoms with E-state index < -0.39 is 6.04 Å². The molecule has 1 aromatic heterocycles. The molecule has 2 fully saturated rings. The van der Waals surface area contributed by atoms with E-state index in [1.165, 1.54) is 43.4 Å². The number of hydrogen-bond acceptors (Lipinski definition) is 6. The summed E-state index contributed by atoms with van der Waals surface area (Å²) in [6.07, 6.45) is 6.72. The van der Waals surface area contributed by atoms with E-state index in [1.807, 2.05) is 17.5 Å². The second-order valence-electron chi connectivity index (χ2n) is 8.26. The minimum atomic E-state index is -0.462. The predicted octanol–water partition coefficient (Wildman–Crippen LogP) is 2.87. The van der Waals surface area contributed by atoms with E-state index in [2.05, 4.69) is 20.4 Å². The van der Waals surface area contributed by atoms with Crippen molar-refractivity contribution in [3.63, 3.8) is 0 Å². The molecule has 1 saturated heterocycles. The van der Waals surface area contributed by atoms with E-state index in [0.29, 0.717) is 24.4 Å². The van der Waals surface area contributed by atoms with E-state index in [1.54, 1.807) is 6.92 Å². The molecule has 164 valence electrons. The molecule has 1 aliphatic carbocycles. The van der Waals surface area contributed by atoms with E-state index in [0.717, 1.165) is 37.1 Å². The van der Waals surface area contributed by atoms with Crippen molar-refractivity contribution in [3.05, 3.63) is 33.7 Å². The number of thiophene rings is 1. The van der Waals surface area contributed by atoms with Gasteiger partial charge in [-0.3, -0.25) is 9.80 Å². The fraction of sp³-hybridized carbons (Fsp3) is 0.636. The highest BCUT2D eigenvalue weighted by Gasteiger charge is 2.35. The fourth-order valence-electron chi connectivity index (χ4n) is 4.82. The number of ether oxygens (including phenoxy) is 1. The van der Waals surface area contributed by atoms with Gasteiger partial charge in [0.1, 0.15) is 0 Å². The Balaban J connectivity index is 1.48. The van der Waals surface area contributed by atoms with Crippen molar-refractivity contribution < 1.29 is 14.3 Å². The van der Waals surface area contributed by atoms with Crippen LogP contribution in [0.2, 0.25) is 0 Å². The van der Waals surface area contributed by atoms with Crippen molar-refractivity contribution in [1.82, 2.24) is 20.4 Å². The first-order valence-electron chi connectivity index (χ1n) is 11.1. The molecule has 1 saturated carbocycles. The van der Waals surface area contributed by atoms with Crippen LogP contribution in [0.25, 0.3) is 0 Å². The first-order chi connectivity index (χ1) is 14.7. The lowest BCUT2D eigenvalue weighted by Gasteiger charge is -2.41. The van der Waals surface area contributed by atoms with Gasteiger partial charge in [0.05, 0.1) is 18.2 Å². The molecule has 2 N–H and O–H groups in total. The smallest absolute Gasteiger partial charge is 0.338 e. The van der Waals surface area contributed by atoms with Crippen LogP contribution in [-0.2, 0) is 9.53 Å². The molecular weight excluding hydrogens is 400 g/mol. The summed E-state index contributed by atoms with van der Waals surface area (Å²) < 4.78 is 5.35. The lowest BCUT2D eigenvalue weighted by atomic mass is 9.94. The van der Waals surface area contributed by atoms with Crippen LogP contribution in [0.3, 0.4) is 0 Å². The minimum Gasteiger partial charge on any atom is -0.463 e. The van der Waals surface area contributed by atoms with E-state index in [-0.39, 0.29) is 12.0 Å². The molecule has 0 radical (unpaired) electrons. The maximum atomic E-state index is 12.8. The lowest BCUT2D eigenvalue weighted by molar-refractivity contribution is -0.139. The van der Waals surface area contributed by atoms with Crippen molar-refractivity contribution in [2.45, 2.75) is 51.1 Å². The van der Waals surface area contributed by atoms with E-state index in [4.69, 9.17) is 4.74 Å². The van der Waals surface area contributed by atoms with Gasteiger partial charge in [0, 0.05) is 49.3 Å². The molecule has 2 amide bonds. The third kappa shape index (κ3) is 4.87. The molecule has 8 heteroatoms. The highest BCUT2D eigenvalue weighted by Crippen LogP contribution is 2.31. The maximum absolute atomic E-state index is 12.8. The number of carbonyl (C=O) groups excluding carboxylic acids is 2. The molecule has 1 aromatic rings. The van der Waals surface area contributed by atoms with Crippen LogP contribution in [0.15, 0.2) is 28.8 Å². The number of esters is 1. The van der Waals surface area contributed by atoms with Crippen LogP contribution in [0.5, 0.6) is 0 Å². The van der Waals surface area contributed by atoms with Gasteiger partial charge in [0.2, 0.25) is 0 Å². The molecule has 7 nitrogen and oxygen atoms in total. The van der Waals surface area contributed by atoms with Crippen molar-refractivity contribution in [3.8, 4) is 0 Å². The zero-order chi connectivity index (χ0) is 20.9. The summed E-state index contributed by atoms with van der Waals surface area (Å²) in [5.74, 6) is -0.362. The largest absolute Gasteiger partial charge is 0.463 e. The third-order valence-electron chi connectivity index (χ3n) is 6.36. The summed E-state index contributed by atoms with van der Waals surface area (Å²) in [4.78, 5) is 31.1. The third-order valence-corrected chi connectivity index (χ3v) is 7.29. The van der Waals surface area contributed by atoms with Crippen LogP contribution < -0.4 is 10.6 Å². The normalized spacial score (nSPS) is 24.4. The molecule has 3 heterocycles. The van der Waals surface area contributed by atoms with Crippen molar-refractivity contribution in [2.75, 3.05) is 39.3 Å². The van der Waals surface area contributed by atoms with Gasteiger partial charge in [0.15, 0.2) is 0 Å². The highest BCUT2D eigenvalue weighted by atomic mass is 32.1. The van der Waals surface area contributed by atoms with Gasteiger partial charge in [-0.25, -0.2) is 9.59 Å². The minimum absolute atomic E-state index is 0.266. The Morgan fingerprint density at radius 1 is 1.20 bits per heavy atom. The molecule has 0 unspecified atom stereocenters. The maximum Gasteiger partial charge on any atom is 0.338 e. The zero-order valence-electron chi connectivity index (χ0n) is 17.7. The summed E-state index contributed by atoms with van der Waals surface area (Å²) >= 11 is 1.53. The molecule has 0 spiro atoms. The quantitative estimate of drug-likeness (QED) is 0.676. The molecule has 0 aromatic carbocycles. The monoisotopic (exact) mass is 432 g/mol. The zero-order valence-corrected chi connectivity index (χ0v) is 18.5. The Bertz CT molecular complexity index is 765. The number of nitrogens with one attached hydrogen (secondary N) is 2. The summed E-state index contributed by atoms with van der Waals surface area (Å²) in [5, 5.41) is 7.75. The molecule has 0 bridgehead atoms. The highest BCUT2D eigenvalue weighted by molar-refractivity contribution is 7.10. The lowest BCUT2D eigenvalue weighted by Crippen LogP contribution is -2.53. The molecule has 30 heavy (non-hydrogen) atoms. The van der Waals surface area contributed by atoms with Crippen LogP contribution >= 0.6 is 11.3 Å². The second-order valence-corrected chi connectivity index (χ2v) is 9.24. The van der Waals surface area contributed by atoms with Crippen LogP contribution in [0.4, 0.5) is 4.79 Å². The SMILES string of the molecule is CCOC(=O)C1=C(CN2CCN(C3CCCCC3)CC2)NC(=O)N[C@H]1c1cccs1. The summed E-state index contributed by atoms with van der Waals surface area (Å²) in [7, 11) is 0. The molecule has 2 aliphatic heterocycles. The average Bonchev–Trinajstić information content (AvgIpc) is 3.29. The van der Waals surface area contributed by atoms with Crippen LogP contribution in [-0.4, -0.2) is 67.2 Å². The number of urea groups is 1. The number of nitrogens with zero attached hydrogens (tertiary/aromatic N) is 2. The van der Waals surface area contributed by atoms with Gasteiger partial charge in [0.25, 0.3) is 0 Å². The van der Waals surface area contributed by atoms with Gasteiger partial charge in [-0.05, 0) is 31.2 Å². The number of rotatable bonds is 6. The second kappa shape index (κ2) is 9.94. The van der Waals surface area contributed by atoms with Crippen LogP contribution in [0.1, 0.15) is 49.9 Å².